The minimum atomic E-state index is -3.69. The molecule has 0 saturated heterocycles. The number of halogens is 6. The zero-order valence-corrected chi connectivity index (χ0v) is 11.6. The van der Waals surface area contributed by atoms with E-state index in [1.165, 1.54) is 0 Å². The molecule has 0 fully saturated rings. The highest BCUT2D eigenvalue weighted by atomic mass is 79.9. The van der Waals surface area contributed by atoms with Gasteiger partial charge in [-0.2, -0.15) is 8.78 Å². The second kappa shape index (κ2) is 5.94. The zero-order valence-electron chi connectivity index (χ0n) is 7.67. The fourth-order valence-electron chi connectivity index (χ4n) is 0.922. The van der Waals surface area contributed by atoms with Gasteiger partial charge in [-0.25, -0.2) is 4.39 Å². The number of alkyl halides is 6. The van der Waals surface area contributed by atoms with Crippen LogP contribution in [0, 0.1) is 0 Å². The molecule has 0 aromatic rings. The molecule has 6 heteroatoms. The summed E-state index contributed by atoms with van der Waals surface area (Å²) in [5, 5.41) is -3.03. The van der Waals surface area contributed by atoms with E-state index in [1.54, 1.807) is 0 Å². The van der Waals surface area contributed by atoms with E-state index in [9.17, 15) is 13.2 Å². The maximum absolute atomic E-state index is 13.2. The number of hydrogen-bond acceptors (Lipinski definition) is 0. The molecule has 0 aliphatic rings. The maximum Gasteiger partial charge on any atom is 0.348 e. The van der Waals surface area contributed by atoms with Crippen LogP contribution in [0.3, 0.4) is 0 Å². The van der Waals surface area contributed by atoms with Gasteiger partial charge < -0.3 is 0 Å². The monoisotopic (exact) mass is 358 g/mol. The molecule has 0 radical (unpaired) electrons. The van der Waals surface area contributed by atoms with Crippen LogP contribution in [0.4, 0.5) is 13.2 Å². The minimum absolute atomic E-state index is 0.326. The summed E-state index contributed by atoms with van der Waals surface area (Å²) in [6.07, 6.45) is 2.01. The summed E-state index contributed by atoms with van der Waals surface area (Å²) in [7, 11) is 0. The average molecular weight is 360 g/mol. The van der Waals surface area contributed by atoms with E-state index in [2.05, 4.69) is 15.9 Å². The van der Waals surface area contributed by atoms with Crippen molar-refractivity contribution in [2.24, 2.45) is 0 Å². The minimum Gasteiger partial charge on any atom is -0.218 e. The highest BCUT2D eigenvalue weighted by Gasteiger charge is 2.52. The predicted molar refractivity (Wildman–Crippen MR) is 60.4 cm³/mol. The van der Waals surface area contributed by atoms with Crippen LogP contribution in [0.2, 0.25) is 0 Å². The Morgan fingerprint density at radius 2 is 1.86 bits per heavy atom. The van der Waals surface area contributed by atoms with E-state index in [4.69, 9.17) is 11.6 Å². The Balaban J connectivity index is 4.08. The van der Waals surface area contributed by atoms with Crippen LogP contribution < -0.4 is 0 Å². The van der Waals surface area contributed by atoms with Gasteiger partial charge in [0.15, 0.2) is 0 Å². The van der Waals surface area contributed by atoms with Gasteiger partial charge >= 0.3 is 4.83 Å². The lowest BCUT2D eigenvalue weighted by molar-refractivity contribution is -0.00958. The number of rotatable bonds is 6. The molecule has 0 aromatic carbocycles. The van der Waals surface area contributed by atoms with Gasteiger partial charge in [0.2, 0.25) is 0 Å². The van der Waals surface area contributed by atoms with Crippen molar-refractivity contribution in [2.75, 3.05) is 0 Å². The molecule has 0 aliphatic carbocycles. The Morgan fingerprint density at radius 1 is 1.36 bits per heavy atom. The van der Waals surface area contributed by atoms with Crippen LogP contribution in [0.5, 0.6) is 0 Å². The van der Waals surface area contributed by atoms with Gasteiger partial charge in [-0.1, -0.05) is 47.3 Å². The highest BCUT2D eigenvalue weighted by Crippen LogP contribution is 2.45. The fourth-order valence-corrected chi connectivity index (χ4v) is 2.23. The summed E-state index contributed by atoms with van der Waals surface area (Å²) in [5.41, 5.74) is 0. The largest absolute Gasteiger partial charge is 0.348 e. The molecule has 0 amide bonds. The SMILES string of the molecule is CCCC[C@@H](Br)C[C@](F)(Cl)C(F)(F)Br. The van der Waals surface area contributed by atoms with Gasteiger partial charge in [0, 0.05) is 11.2 Å². The molecule has 0 saturated carbocycles. The normalized spacial score (nSPS) is 19.1. The van der Waals surface area contributed by atoms with E-state index in [0.29, 0.717) is 6.42 Å². The third-order valence-corrected chi connectivity index (χ3v) is 3.79. The predicted octanol–water partition coefficient (Wildman–Crippen LogP) is 5.22. The first-order valence-corrected chi connectivity index (χ1v) is 6.38. The molecule has 0 N–H and O–H groups in total. The number of unbranched alkanes of at least 4 members (excludes halogenated alkanes) is 1. The summed E-state index contributed by atoms with van der Waals surface area (Å²) in [5.74, 6) is 0. The summed E-state index contributed by atoms with van der Waals surface area (Å²) < 4.78 is 38.4. The molecule has 86 valence electrons. The Kier molecular flexibility index (Phi) is 6.39. The van der Waals surface area contributed by atoms with Crippen LogP contribution in [0.25, 0.3) is 0 Å². The molecular weight excluding hydrogens is 348 g/mol. The molecule has 0 nitrogen and oxygen atoms in total. The van der Waals surface area contributed by atoms with E-state index < -0.39 is 16.4 Å². The summed E-state index contributed by atoms with van der Waals surface area (Å²) in [4.78, 5) is -4.02. The molecule has 0 aromatic heterocycles. The average Bonchev–Trinajstić information content (AvgIpc) is 1.97. The fraction of sp³-hybridized carbons (Fsp3) is 1.00. The Labute approximate surface area is 104 Å². The molecule has 0 unspecified atom stereocenters. The second-order valence-electron chi connectivity index (χ2n) is 3.15. The topological polar surface area (TPSA) is 0 Å². The lowest BCUT2D eigenvalue weighted by Gasteiger charge is -2.25. The molecule has 14 heavy (non-hydrogen) atoms. The van der Waals surface area contributed by atoms with Crippen LogP contribution in [0.1, 0.15) is 32.6 Å². The molecule has 2 atom stereocenters. The summed E-state index contributed by atoms with van der Waals surface area (Å²) in [6.45, 7) is 1.97. The molecule has 0 spiro atoms. The van der Waals surface area contributed by atoms with Crippen LogP contribution in [-0.4, -0.2) is 14.8 Å². The van der Waals surface area contributed by atoms with Crippen molar-refractivity contribution in [1.82, 2.24) is 0 Å². The van der Waals surface area contributed by atoms with Crippen molar-refractivity contribution in [3.05, 3.63) is 0 Å². The maximum atomic E-state index is 13.2. The van der Waals surface area contributed by atoms with Gasteiger partial charge in [-0.05, 0) is 22.4 Å². The van der Waals surface area contributed by atoms with Gasteiger partial charge in [0.1, 0.15) is 0 Å². The third-order valence-electron chi connectivity index (χ3n) is 1.76. The smallest absolute Gasteiger partial charge is 0.218 e. The van der Waals surface area contributed by atoms with Crippen LogP contribution >= 0.6 is 43.5 Å². The van der Waals surface area contributed by atoms with Crippen molar-refractivity contribution in [1.29, 1.82) is 0 Å². The van der Waals surface area contributed by atoms with Crippen molar-refractivity contribution < 1.29 is 13.2 Å². The first-order chi connectivity index (χ1) is 6.20. The number of hydrogen-bond donors (Lipinski definition) is 0. The molecule has 0 aliphatic heterocycles. The van der Waals surface area contributed by atoms with Gasteiger partial charge in [-0.15, -0.1) is 0 Å². The molecular formula is C8H12Br2ClF3. The Bertz CT molecular complexity index is 170. The standard InChI is InChI=1S/C8H12Br2ClF3/c1-2-3-4-6(9)5-7(11,12)8(10,13)14/h6H,2-5H2,1H3/t6-,7-/m1/s1. The first-order valence-electron chi connectivity index (χ1n) is 4.29. The van der Waals surface area contributed by atoms with Crippen molar-refractivity contribution >= 4 is 43.5 Å². The Morgan fingerprint density at radius 3 is 2.21 bits per heavy atom. The Hall–Kier alpha value is 1.04. The first kappa shape index (κ1) is 15.0. The van der Waals surface area contributed by atoms with Crippen molar-refractivity contribution in [3.8, 4) is 0 Å². The molecule has 0 bridgehead atoms. The van der Waals surface area contributed by atoms with Gasteiger partial charge in [-0.3, -0.25) is 0 Å². The summed E-state index contributed by atoms with van der Waals surface area (Å²) >= 11 is 10.2. The van der Waals surface area contributed by atoms with Gasteiger partial charge in [0.05, 0.1) is 0 Å². The van der Waals surface area contributed by atoms with E-state index in [-0.39, 0.29) is 4.83 Å². The van der Waals surface area contributed by atoms with Crippen molar-refractivity contribution in [2.45, 2.75) is 47.4 Å². The lowest BCUT2D eigenvalue weighted by Crippen LogP contribution is -2.36. The lowest BCUT2D eigenvalue weighted by atomic mass is 10.1. The van der Waals surface area contributed by atoms with Crippen molar-refractivity contribution in [3.63, 3.8) is 0 Å². The zero-order chi connectivity index (χ0) is 11.4. The second-order valence-corrected chi connectivity index (χ2v) is 6.04. The third kappa shape index (κ3) is 5.21. The summed E-state index contributed by atoms with van der Waals surface area (Å²) in [6, 6.07) is 0. The molecule has 0 heterocycles. The molecule has 0 rings (SSSR count). The quantitative estimate of drug-likeness (QED) is 0.570. The van der Waals surface area contributed by atoms with E-state index >= 15 is 0 Å². The highest BCUT2D eigenvalue weighted by molar-refractivity contribution is 9.10. The van der Waals surface area contributed by atoms with Crippen LogP contribution in [0.15, 0.2) is 0 Å². The van der Waals surface area contributed by atoms with E-state index in [1.807, 2.05) is 22.9 Å². The van der Waals surface area contributed by atoms with E-state index in [0.717, 1.165) is 12.8 Å². The van der Waals surface area contributed by atoms with Crippen LogP contribution in [-0.2, 0) is 0 Å². The van der Waals surface area contributed by atoms with Gasteiger partial charge in [0.25, 0.3) is 5.13 Å².